The van der Waals surface area contributed by atoms with Gasteiger partial charge in [0.1, 0.15) is 0 Å². The standard InChI is InChI=1S/C15H19ClN2O4/c1-3-22-15(20)18-8-6-17(7-9-18)13-10-11(14(19)21-2)4-5-12(13)16/h4-5,10H,3,6-9H2,1-2H3. The molecule has 0 spiro atoms. The van der Waals surface area contributed by atoms with Crippen molar-refractivity contribution >= 4 is 29.4 Å². The summed E-state index contributed by atoms with van der Waals surface area (Å²) in [7, 11) is 1.34. The van der Waals surface area contributed by atoms with Crippen LogP contribution in [0.3, 0.4) is 0 Å². The lowest BCUT2D eigenvalue weighted by molar-refractivity contribution is 0.0600. The van der Waals surface area contributed by atoms with Gasteiger partial charge in [0.05, 0.1) is 30.0 Å². The zero-order valence-electron chi connectivity index (χ0n) is 12.7. The molecular weight excluding hydrogens is 308 g/mol. The first-order valence-corrected chi connectivity index (χ1v) is 7.49. The lowest BCUT2D eigenvalue weighted by Crippen LogP contribution is -2.49. The number of carbonyl (C=O) groups is 2. The van der Waals surface area contributed by atoms with E-state index in [9.17, 15) is 9.59 Å². The summed E-state index contributed by atoms with van der Waals surface area (Å²) in [6.45, 7) is 4.51. The van der Waals surface area contributed by atoms with Crippen molar-refractivity contribution in [2.24, 2.45) is 0 Å². The molecule has 1 heterocycles. The molecule has 7 heteroatoms. The van der Waals surface area contributed by atoms with E-state index in [0.29, 0.717) is 43.4 Å². The number of carbonyl (C=O) groups excluding carboxylic acids is 2. The largest absolute Gasteiger partial charge is 0.465 e. The molecule has 2 rings (SSSR count). The lowest BCUT2D eigenvalue weighted by atomic mass is 10.1. The van der Waals surface area contributed by atoms with Gasteiger partial charge in [0.2, 0.25) is 0 Å². The number of hydrogen-bond acceptors (Lipinski definition) is 5. The predicted molar refractivity (Wildman–Crippen MR) is 83.6 cm³/mol. The molecule has 1 saturated heterocycles. The molecule has 0 atom stereocenters. The molecule has 0 radical (unpaired) electrons. The van der Waals surface area contributed by atoms with E-state index < -0.39 is 5.97 Å². The summed E-state index contributed by atoms with van der Waals surface area (Å²) >= 11 is 6.23. The second-order valence-corrected chi connectivity index (χ2v) is 5.24. The number of rotatable bonds is 3. The Bertz CT molecular complexity index is 556. The average molecular weight is 327 g/mol. The molecule has 0 bridgehead atoms. The van der Waals surface area contributed by atoms with Gasteiger partial charge in [-0.05, 0) is 25.1 Å². The number of benzene rings is 1. The molecule has 1 fully saturated rings. The maximum atomic E-state index is 11.7. The van der Waals surface area contributed by atoms with Gasteiger partial charge in [-0.1, -0.05) is 11.6 Å². The van der Waals surface area contributed by atoms with Crippen LogP contribution in [0.1, 0.15) is 17.3 Å². The summed E-state index contributed by atoms with van der Waals surface area (Å²) in [4.78, 5) is 27.0. The molecule has 0 aromatic heterocycles. The Morgan fingerprint density at radius 1 is 1.23 bits per heavy atom. The number of esters is 1. The second-order valence-electron chi connectivity index (χ2n) is 4.83. The van der Waals surface area contributed by atoms with Crippen molar-refractivity contribution in [3.63, 3.8) is 0 Å². The van der Waals surface area contributed by atoms with Gasteiger partial charge in [-0.25, -0.2) is 9.59 Å². The van der Waals surface area contributed by atoms with Crippen LogP contribution < -0.4 is 4.90 Å². The van der Waals surface area contributed by atoms with Crippen molar-refractivity contribution in [3.05, 3.63) is 28.8 Å². The highest BCUT2D eigenvalue weighted by molar-refractivity contribution is 6.33. The monoisotopic (exact) mass is 326 g/mol. The summed E-state index contributed by atoms with van der Waals surface area (Å²) in [6.07, 6.45) is -0.295. The number of anilines is 1. The summed E-state index contributed by atoms with van der Waals surface area (Å²) in [5.74, 6) is -0.400. The average Bonchev–Trinajstić information content (AvgIpc) is 2.55. The van der Waals surface area contributed by atoms with Crippen molar-refractivity contribution in [1.29, 1.82) is 0 Å². The van der Waals surface area contributed by atoms with E-state index in [1.165, 1.54) is 7.11 Å². The van der Waals surface area contributed by atoms with Crippen molar-refractivity contribution < 1.29 is 19.1 Å². The number of amides is 1. The molecule has 1 aliphatic heterocycles. The minimum absolute atomic E-state index is 0.295. The number of halogens is 1. The van der Waals surface area contributed by atoms with Crippen LogP contribution >= 0.6 is 11.6 Å². The van der Waals surface area contributed by atoms with E-state index in [1.807, 2.05) is 4.90 Å². The third-order valence-corrected chi connectivity index (χ3v) is 3.83. The Hall–Kier alpha value is -1.95. The molecule has 1 aliphatic rings. The van der Waals surface area contributed by atoms with Crippen LogP contribution in [0, 0.1) is 0 Å². The van der Waals surface area contributed by atoms with E-state index in [1.54, 1.807) is 30.0 Å². The van der Waals surface area contributed by atoms with Gasteiger partial charge in [0.25, 0.3) is 0 Å². The molecule has 1 amide bonds. The summed E-state index contributed by atoms with van der Waals surface area (Å²) in [5, 5.41) is 0.567. The van der Waals surface area contributed by atoms with E-state index >= 15 is 0 Å². The van der Waals surface area contributed by atoms with Crippen LogP contribution in [0.25, 0.3) is 0 Å². The van der Waals surface area contributed by atoms with Crippen molar-refractivity contribution in [2.45, 2.75) is 6.92 Å². The summed E-state index contributed by atoms with van der Waals surface area (Å²) in [5.41, 5.74) is 1.22. The highest BCUT2D eigenvalue weighted by atomic mass is 35.5. The summed E-state index contributed by atoms with van der Waals surface area (Å²) in [6, 6.07) is 5.03. The van der Waals surface area contributed by atoms with Crippen LogP contribution in [0.15, 0.2) is 18.2 Å². The number of nitrogens with zero attached hydrogens (tertiary/aromatic N) is 2. The second kappa shape index (κ2) is 7.35. The predicted octanol–water partition coefficient (Wildman–Crippen LogP) is 2.41. The highest BCUT2D eigenvalue weighted by Crippen LogP contribution is 2.28. The van der Waals surface area contributed by atoms with Crippen LogP contribution in [0.5, 0.6) is 0 Å². The first-order valence-electron chi connectivity index (χ1n) is 7.11. The van der Waals surface area contributed by atoms with Crippen LogP contribution in [0.2, 0.25) is 5.02 Å². The molecule has 22 heavy (non-hydrogen) atoms. The van der Waals surface area contributed by atoms with Gasteiger partial charge in [0, 0.05) is 26.2 Å². The molecule has 120 valence electrons. The number of piperazine rings is 1. The van der Waals surface area contributed by atoms with E-state index in [2.05, 4.69) is 0 Å². The minimum Gasteiger partial charge on any atom is -0.465 e. The zero-order valence-corrected chi connectivity index (χ0v) is 13.4. The smallest absolute Gasteiger partial charge is 0.409 e. The van der Waals surface area contributed by atoms with E-state index in [4.69, 9.17) is 21.1 Å². The molecule has 6 nitrogen and oxygen atoms in total. The van der Waals surface area contributed by atoms with Crippen LogP contribution in [-0.4, -0.2) is 56.9 Å². The fraction of sp³-hybridized carbons (Fsp3) is 0.467. The van der Waals surface area contributed by atoms with Gasteiger partial charge >= 0.3 is 12.1 Å². The van der Waals surface area contributed by atoms with Crippen LogP contribution in [0.4, 0.5) is 10.5 Å². The molecule has 0 unspecified atom stereocenters. The van der Waals surface area contributed by atoms with Crippen molar-refractivity contribution in [1.82, 2.24) is 4.90 Å². The molecule has 1 aromatic rings. The maximum Gasteiger partial charge on any atom is 0.409 e. The topological polar surface area (TPSA) is 59.1 Å². The number of ether oxygens (including phenoxy) is 2. The Labute approximate surface area is 134 Å². The van der Waals surface area contributed by atoms with Gasteiger partial charge in [0.15, 0.2) is 0 Å². The third kappa shape index (κ3) is 3.62. The molecule has 0 aliphatic carbocycles. The Morgan fingerprint density at radius 3 is 2.50 bits per heavy atom. The number of hydrogen-bond donors (Lipinski definition) is 0. The Balaban J connectivity index is 2.07. The van der Waals surface area contributed by atoms with Gasteiger partial charge in [-0.2, -0.15) is 0 Å². The third-order valence-electron chi connectivity index (χ3n) is 3.51. The van der Waals surface area contributed by atoms with Crippen molar-refractivity contribution in [3.8, 4) is 0 Å². The van der Waals surface area contributed by atoms with Gasteiger partial charge < -0.3 is 19.3 Å². The zero-order chi connectivity index (χ0) is 16.1. The fourth-order valence-electron chi connectivity index (χ4n) is 2.34. The molecule has 0 N–H and O–H groups in total. The fourth-order valence-corrected chi connectivity index (χ4v) is 2.58. The molecule has 0 saturated carbocycles. The lowest BCUT2D eigenvalue weighted by Gasteiger charge is -2.35. The van der Waals surface area contributed by atoms with Gasteiger partial charge in [-0.3, -0.25) is 0 Å². The highest BCUT2D eigenvalue weighted by Gasteiger charge is 2.23. The SMILES string of the molecule is CCOC(=O)N1CCN(c2cc(C(=O)OC)ccc2Cl)CC1. The first-order chi connectivity index (χ1) is 10.6. The Morgan fingerprint density at radius 2 is 1.91 bits per heavy atom. The molecular formula is C15H19ClN2O4. The molecule has 1 aromatic carbocycles. The van der Waals surface area contributed by atoms with Crippen molar-refractivity contribution in [2.75, 3.05) is 44.8 Å². The minimum atomic E-state index is -0.400. The normalized spacial score (nSPS) is 14.7. The maximum absolute atomic E-state index is 11.7. The quantitative estimate of drug-likeness (QED) is 0.798. The van der Waals surface area contributed by atoms with Gasteiger partial charge in [-0.15, -0.1) is 0 Å². The summed E-state index contributed by atoms with van der Waals surface area (Å²) < 4.78 is 9.72. The van der Waals surface area contributed by atoms with E-state index in [0.717, 1.165) is 5.69 Å². The van der Waals surface area contributed by atoms with E-state index in [-0.39, 0.29) is 6.09 Å². The van der Waals surface area contributed by atoms with Crippen LogP contribution in [-0.2, 0) is 9.47 Å². The Kier molecular flexibility index (Phi) is 5.49. The number of methoxy groups -OCH3 is 1. The first kappa shape index (κ1) is 16.4.